The monoisotopic (exact) mass is 648 g/mol. The van der Waals surface area contributed by atoms with E-state index in [1.807, 2.05) is 72.8 Å². The molecule has 0 aliphatic carbocycles. The van der Waals surface area contributed by atoms with Crippen molar-refractivity contribution >= 4 is 17.6 Å². The second-order valence-corrected chi connectivity index (χ2v) is 13.2. The van der Waals surface area contributed by atoms with Gasteiger partial charge in [0.05, 0.1) is 33.3 Å². The molecule has 1 saturated heterocycles. The minimum absolute atomic E-state index is 0.0949. The maximum absolute atomic E-state index is 14.8. The molecule has 0 saturated carbocycles. The molecule has 2 amide bonds. The van der Waals surface area contributed by atoms with E-state index >= 15 is 0 Å². The molecule has 1 N–H and O–H groups in total. The van der Waals surface area contributed by atoms with Gasteiger partial charge in [-0.2, -0.15) is 0 Å². The van der Waals surface area contributed by atoms with Gasteiger partial charge >= 0.3 is 0 Å². The molecule has 0 aromatic heterocycles. The molecule has 250 valence electrons. The van der Waals surface area contributed by atoms with Crippen molar-refractivity contribution in [1.82, 2.24) is 10.2 Å². The number of Topliss-reactive ketones (excluding diaryl/α,β-unsaturated/α-hetero) is 1. The van der Waals surface area contributed by atoms with E-state index in [0.29, 0.717) is 22.8 Å². The number of carbonyl (C=O) groups is 3. The van der Waals surface area contributed by atoms with Crippen LogP contribution >= 0.6 is 0 Å². The number of benzene rings is 4. The van der Waals surface area contributed by atoms with E-state index in [1.54, 1.807) is 50.5 Å². The number of hydrogen-bond acceptors (Lipinski definition) is 6. The second kappa shape index (κ2) is 14.3. The smallest absolute Gasteiger partial charge is 0.243 e. The molecule has 4 aromatic rings. The molecular weight excluding hydrogens is 604 g/mol. The van der Waals surface area contributed by atoms with Crippen LogP contribution in [0.1, 0.15) is 72.3 Å². The van der Waals surface area contributed by atoms with Crippen LogP contribution in [0.3, 0.4) is 0 Å². The Hall–Kier alpha value is -5.11. The Labute approximate surface area is 283 Å². The van der Waals surface area contributed by atoms with E-state index in [1.165, 1.54) is 6.92 Å². The van der Waals surface area contributed by atoms with E-state index in [-0.39, 0.29) is 29.6 Å². The highest BCUT2D eigenvalue weighted by molar-refractivity contribution is 6.02. The van der Waals surface area contributed by atoms with Crippen LogP contribution in [0.4, 0.5) is 0 Å². The summed E-state index contributed by atoms with van der Waals surface area (Å²) < 4.78 is 16.1. The average Bonchev–Trinajstić information content (AvgIpc) is 3.47. The van der Waals surface area contributed by atoms with Gasteiger partial charge in [-0.25, -0.2) is 0 Å². The van der Waals surface area contributed by atoms with Crippen LogP contribution in [-0.4, -0.2) is 49.9 Å². The van der Waals surface area contributed by atoms with Crippen molar-refractivity contribution < 1.29 is 28.6 Å². The fourth-order valence-electron chi connectivity index (χ4n) is 6.65. The molecule has 8 heteroatoms. The summed E-state index contributed by atoms with van der Waals surface area (Å²) in [5.74, 6) is -0.279. The van der Waals surface area contributed by atoms with Gasteiger partial charge in [0.25, 0.3) is 0 Å². The van der Waals surface area contributed by atoms with Crippen LogP contribution in [0, 0.1) is 5.92 Å². The summed E-state index contributed by atoms with van der Waals surface area (Å²) in [5, 5.41) is 3.07. The number of nitrogens with zero attached hydrogens (tertiary/aromatic N) is 1. The number of rotatable bonds is 10. The van der Waals surface area contributed by atoms with E-state index in [9.17, 15) is 14.4 Å². The number of methoxy groups -OCH3 is 3. The van der Waals surface area contributed by atoms with Crippen LogP contribution in [0.25, 0.3) is 0 Å². The molecule has 8 nitrogen and oxygen atoms in total. The van der Waals surface area contributed by atoms with E-state index in [0.717, 1.165) is 22.3 Å². The lowest BCUT2D eigenvalue weighted by molar-refractivity contribution is -0.139. The third-order valence-electron chi connectivity index (χ3n) is 9.22. The number of nitrogens with one attached hydrogen (secondary N) is 1. The summed E-state index contributed by atoms with van der Waals surface area (Å²) >= 11 is 0. The molecule has 4 aromatic carbocycles. The predicted octanol–water partition coefficient (Wildman–Crippen LogP) is 6.88. The van der Waals surface area contributed by atoms with Gasteiger partial charge in [0, 0.05) is 24.9 Å². The van der Waals surface area contributed by atoms with Gasteiger partial charge in [-0.05, 0) is 76.2 Å². The zero-order chi connectivity index (χ0) is 34.6. The predicted molar refractivity (Wildman–Crippen MR) is 186 cm³/mol. The van der Waals surface area contributed by atoms with Crippen molar-refractivity contribution in [2.45, 2.75) is 57.7 Å². The first-order valence-corrected chi connectivity index (χ1v) is 16.1. The minimum Gasteiger partial charge on any atom is -0.497 e. The Kier molecular flexibility index (Phi) is 10.2. The van der Waals surface area contributed by atoms with Crippen LogP contribution in [0.15, 0.2) is 97.1 Å². The lowest BCUT2D eigenvalue weighted by atomic mass is 9.75. The van der Waals surface area contributed by atoms with Crippen molar-refractivity contribution in [3.63, 3.8) is 0 Å². The summed E-state index contributed by atoms with van der Waals surface area (Å²) in [6, 6.07) is 28.2. The molecule has 5 rings (SSSR count). The van der Waals surface area contributed by atoms with Crippen molar-refractivity contribution in [1.29, 1.82) is 0 Å². The Morgan fingerprint density at radius 2 is 1.17 bits per heavy atom. The standard InChI is InChI=1S/C40H44N2O6/c1-25(43)42-36(28-10-16-30(17-11-28)40(2,3)4)35(38(44)29-14-22-33(48-7)23-15-29)34(27-12-20-32(47-6)21-13-27)37(42)39(45)41-24-26-8-18-31(46-5)19-9-26/h8-23,34-37H,24H2,1-7H3,(H,41,45). The minimum atomic E-state index is -0.978. The highest BCUT2D eigenvalue weighted by atomic mass is 16.5. The largest absolute Gasteiger partial charge is 0.497 e. The number of carbonyl (C=O) groups excluding carboxylic acids is 3. The highest BCUT2D eigenvalue weighted by Crippen LogP contribution is 2.51. The SMILES string of the molecule is COc1ccc(CNC(=O)C2C(c3ccc(OC)cc3)C(C(=O)c3ccc(OC)cc3)C(c3ccc(C(C)(C)C)cc3)N2C(C)=O)cc1. The number of ether oxygens (including phenoxy) is 3. The second-order valence-electron chi connectivity index (χ2n) is 13.2. The zero-order valence-corrected chi connectivity index (χ0v) is 28.7. The van der Waals surface area contributed by atoms with Crippen molar-refractivity contribution in [2.24, 2.45) is 5.92 Å². The lowest BCUT2D eigenvalue weighted by Gasteiger charge is -2.31. The summed E-state index contributed by atoms with van der Waals surface area (Å²) in [5.41, 5.74) is 3.91. The summed E-state index contributed by atoms with van der Waals surface area (Å²) in [4.78, 5) is 44.6. The summed E-state index contributed by atoms with van der Waals surface area (Å²) in [7, 11) is 4.76. The van der Waals surface area contributed by atoms with Gasteiger partial charge in [0.15, 0.2) is 5.78 Å². The normalized spacial score (nSPS) is 19.0. The number of amides is 2. The van der Waals surface area contributed by atoms with Crippen molar-refractivity contribution in [3.8, 4) is 17.2 Å². The maximum Gasteiger partial charge on any atom is 0.243 e. The van der Waals surface area contributed by atoms with Gasteiger partial charge in [0.2, 0.25) is 11.8 Å². The van der Waals surface area contributed by atoms with Crippen molar-refractivity contribution in [2.75, 3.05) is 21.3 Å². The van der Waals surface area contributed by atoms with Gasteiger partial charge in [-0.1, -0.05) is 69.3 Å². The molecule has 0 radical (unpaired) electrons. The summed E-state index contributed by atoms with van der Waals surface area (Å²) in [6.07, 6.45) is 0. The maximum atomic E-state index is 14.8. The molecule has 1 aliphatic heterocycles. The van der Waals surface area contributed by atoms with Crippen LogP contribution in [0.5, 0.6) is 17.2 Å². The average molecular weight is 649 g/mol. The molecular formula is C40H44N2O6. The topological polar surface area (TPSA) is 94.2 Å². The molecule has 1 fully saturated rings. The molecule has 4 unspecified atom stereocenters. The van der Waals surface area contributed by atoms with Gasteiger partial charge in [0.1, 0.15) is 23.3 Å². The van der Waals surface area contributed by atoms with E-state index < -0.39 is 23.9 Å². The Balaban J connectivity index is 1.66. The third-order valence-corrected chi connectivity index (χ3v) is 9.22. The molecule has 0 bridgehead atoms. The fourth-order valence-corrected chi connectivity index (χ4v) is 6.65. The number of likely N-dealkylation sites (tertiary alicyclic amines) is 1. The molecule has 4 atom stereocenters. The molecule has 0 spiro atoms. The first kappa shape index (κ1) is 34.2. The highest BCUT2D eigenvalue weighted by Gasteiger charge is 2.56. The Morgan fingerprint density at radius 1 is 0.688 bits per heavy atom. The number of ketones is 1. The van der Waals surface area contributed by atoms with Gasteiger partial charge < -0.3 is 24.4 Å². The molecule has 1 aliphatic rings. The third kappa shape index (κ3) is 7.08. The van der Waals surface area contributed by atoms with Gasteiger partial charge in [-0.3, -0.25) is 14.4 Å². The Bertz CT molecular complexity index is 1730. The Morgan fingerprint density at radius 3 is 1.65 bits per heavy atom. The van der Waals surface area contributed by atoms with Crippen LogP contribution in [0.2, 0.25) is 0 Å². The van der Waals surface area contributed by atoms with Gasteiger partial charge in [-0.15, -0.1) is 0 Å². The quantitative estimate of drug-likeness (QED) is 0.189. The van der Waals surface area contributed by atoms with E-state index in [2.05, 4.69) is 26.1 Å². The van der Waals surface area contributed by atoms with Crippen molar-refractivity contribution in [3.05, 3.63) is 125 Å². The first-order valence-electron chi connectivity index (χ1n) is 16.1. The zero-order valence-electron chi connectivity index (χ0n) is 28.7. The van der Waals surface area contributed by atoms with Crippen LogP contribution in [-0.2, 0) is 21.5 Å². The first-order chi connectivity index (χ1) is 23.0. The number of hydrogen-bond donors (Lipinski definition) is 1. The fraction of sp³-hybridized carbons (Fsp3) is 0.325. The molecule has 1 heterocycles. The lowest BCUT2D eigenvalue weighted by Crippen LogP contribution is -2.47. The summed E-state index contributed by atoms with van der Waals surface area (Å²) in [6.45, 7) is 8.11. The van der Waals surface area contributed by atoms with Crippen LogP contribution < -0.4 is 19.5 Å². The molecule has 48 heavy (non-hydrogen) atoms. The van der Waals surface area contributed by atoms with E-state index in [4.69, 9.17) is 14.2 Å².